The van der Waals surface area contributed by atoms with E-state index in [4.69, 9.17) is 0 Å². The smallest absolute Gasteiger partial charge is 0.0395 e. The summed E-state index contributed by atoms with van der Waals surface area (Å²) in [6, 6.07) is 8.64. The number of halogens is 1. The van der Waals surface area contributed by atoms with Gasteiger partial charge in [-0.05, 0) is 31.4 Å². The zero-order chi connectivity index (χ0) is 12.0. The molecule has 0 aliphatic rings. The molecule has 0 N–H and O–H groups in total. The molecule has 0 amide bonds. The number of benzene rings is 1. The topological polar surface area (TPSA) is 3.24 Å². The number of anilines is 1. The summed E-state index contributed by atoms with van der Waals surface area (Å²) in [4.78, 5) is 2.48. The van der Waals surface area contributed by atoms with Crippen molar-refractivity contribution in [2.45, 2.75) is 27.2 Å². The van der Waals surface area contributed by atoms with Gasteiger partial charge in [-0.25, -0.2) is 0 Å². The van der Waals surface area contributed by atoms with Crippen LogP contribution in [0.1, 0.15) is 25.8 Å². The third-order valence-corrected chi connectivity index (χ3v) is 4.03. The third-order valence-electron chi connectivity index (χ3n) is 3.11. The summed E-state index contributed by atoms with van der Waals surface area (Å²) in [5, 5.41) is 1.09. The van der Waals surface area contributed by atoms with Crippen molar-refractivity contribution in [3.8, 4) is 0 Å². The van der Waals surface area contributed by atoms with Crippen LogP contribution in [0, 0.1) is 12.8 Å². The summed E-state index contributed by atoms with van der Waals surface area (Å²) in [7, 11) is 0. The molecule has 1 aromatic rings. The minimum absolute atomic E-state index is 0.736. The molecule has 0 bridgehead atoms. The van der Waals surface area contributed by atoms with Gasteiger partial charge < -0.3 is 4.90 Å². The fourth-order valence-electron chi connectivity index (χ4n) is 1.91. The van der Waals surface area contributed by atoms with Gasteiger partial charge in [0.1, 0.15) is 0 Å². The maximum atomic E-state index is 3.60. The number of alkyl halides is 1. The maximum Gasteiger partial charge on any atom is 0.0395 e. The zero-order valence-corrected chi connectivity index (χ0v) is 12.1. The van der Waals surface area contributed by atoms with E-state index >= 15 is 0 Å². The van der Waals surface area contributed by atoms with Gasteiger partial charge in [0.2, 0.25) is 0 Å². The van der Waals surface area contributed by atoms with Crippen LogP contribution >= 0.6 is 15.9 Å². The maximum absolute atomic E-state index is 3.60. The molecule has 1 aromatic carbocycles. The largest absolute Gasteiger partial charge is 0.371 e. The average molecular weight is 284 g/mol. The van der Waals surface area contributed by atoms with Crippen molar-refractivity contribution in [1.29, 1.82) is 0 Å². The first-order chi connectivity index (χ1) is 7.72. The van der Waals surface area contributed by atoms with E-state index < -0.39 is 0 Å². The lowest BCUT2D eigenvalue weighted by Gasteiger charge is -2.28. The standard InChI is InChI=1S/C14H22BrN/c1-4-13(10-15)11-16(5-2)14-9-7-6-8-12(14)3/h6-9,13H,4-5,10-11H2,1-3H3. The Balaban J connectivity index is 2.78. The van der Waals surface area contributed by atoms with Crippen LogP contribution in [0.3, 0.4) is 0 Å². The molecule has 1 rings (SSSR count). The summed E-state index contributed by atoms with van der Waals surface area (Å²) >= 11 is 3.60. The van der Waals surface area contributed by atoms with Gasteiger partial charge in [0, 0.05) is 24.1 Å². The quantitative estimate of drug-likeness (QED) is 0.706. The van der Waals surface area contributed by atoms with E-state index in [1.807, 2.05) is 0 Å². The molecule has 1 nitrogen and oxygen atoms in total. The van der Waals surface area contributed by atoms with Crippen molar-refractivity contribution in [2.75, 3.05) is 23.3 Å². The molecule has 0 aliphatic carbocycles. The van der Waals surface area contributed by atoms with Gasteiger partial charge in [0.15, 0.2) is 0 Å². The highest BCUT2D eigenvalue weighted by Gasteiger charge is 2.12. The molecular formula is C14H22BrN. The average Bonchev–Trinajstić information content (AvgIpc) is 2.32. The number of aryl methyl sites for hydroxylation is 1. The Labute approximate surface area is 108 Å². The summed E-state index contributed by atoms with van der Waals surface area (Å²) in [6.45, 7) is 8.90. The van der Waals surface area contributed by atoms with Crippen LogP contribution in [0.2, 0.25) is 0 Å². The molecule has 0 heterocycles. The van der Waals surface area contributed by atoms with Gasteiger partial charge in [0.05, 0.1) is 0 Å². The molecule has 1 unspecified atom stereocenters. The first kappa shape index (κ1) is 13.6. The Kier molecular flexibility index (Phi) is 5.89. The van der Waals surface area contributed by atoms with Crippen LogP contribution in [0.5, 0.6) is 0 Å². The third kappa shape index (κ3) is 3.51. The van der Waals surface area contributed by atoms with Gasteiger partial charge >= 0.3 is 0 Å². The fraction of sp³-hybridized carbons (Fsp3) is 0.571. The monoisotopic (exact) mass is 283 g/mol. The minimum atomic E-state index is 0.736. The van der Waals surface area contributed by atoms with Gasteiger partial charge in [0.25, 0.3) is 0 Å². The first-order valence-corrected chi connectivity index (χ1v) is 7.21. The number of para-hydroxylation sites is 1. The summed E-state index contributed by atoms with van der Waals surface area (Å²) < 4.78 is 0. The normalized spacial score (nSPS) is 12.5. The zero-order valence-electron chi connectivity index (χ0n) is 10.5. The van der Waals surface area contributed by atoms with Crippen LogP contribution < -0.4 is 4.90 Å². The van der Waals surface area contributed by atoms with E-state index in [0.717, 1.165) is 24.3 Å². The van der Waals surface area contributed by atoms with Crippen molar-refractivity contribution >= 4 is 21.6 Å². The molecule has 0 saturated heterocycles. The van der Waals surface area contributed by atoms with E-state index in [1.54, 1.807) is 0 Å². The molecule has 0 saturated carbocycles. The molecule has 16 heavy (non-hydrogen) atoms. The Morgan fingerprint density at radius 3 is 2.44 bits per heavy atom. The van der Waals surface area contributed by atoms with Crippen molar-refractivity contribution in [1.82, 2.24) is 0 Å². The molecule has 0 fully saturated rings. The molecule has 0 aliphatic heterocycles. The Hall–Kier alpha value is -0.500. The van der Waals surface area contributed by atoms with Crippen molar-refractivity contribution < 1.29 is 0 Å². The summed E-state index contributed by atoms with van der Waals surface area (Å²) in [6.07, 6.45) is 1.23. The van der Waals surface area contributed by atoms with E-state index in [1.165, 1.54) is 17.7 Å². The van der Waals surface area contributed by atoms with Gasteiger partial charge in [-0.15, -0.1) is 0 Å². The van der Waals surface area contributed by atoms with E-state index in [0.29, 0.717) is 0 Å². The number of rotatable bonds is 6. The Morgan fingerprint density at radius 2 is 1.94 bits per heavy atom. The molecule has 90 valence electrons. The lowest BCUT2D eigenvalue weighted by molar-refractivity contribution is 0.559. The molecule has 0 spiro atoms. The second-order valence-corrected chi connectivity index (χ2v) is 4.90. The molecule has 2 heteroatoms. The molecule has 1 atom stereocenters. The number of hydrogen-bond acceptors (Lipinski definition) is 1. The minimum Gasteiger partial charge on any atom is -0.371 e. The molecule has 0 aromatic heterocycles. The van der Waals surface area contributed by atoms with Crippen LogP contribution in [-0.4, -0.2) is 18.4 Å². The Bertz CT molecular complexity index is 307. The lowest BCUT2D eigenvalue weighted by Crippen LogP contribution is -2.30. The summed E-state index contributed by atoms with van der Waals surface area (Å²) in [5.41, 5.74) is 2.75. The fourth-order valence-corrected chi connectivity index (χ4v) is 2.58. The number of nitrogens with zero attached hydrogens (tertiary/aromatic N) is 1. The van der Waals surface area contributed by atoms with Crippen molar-refractivity contribution in [2.24, 2.45) is 5.92 Å². The van der Waals surface area contributed by atoms with Crippen molar-refractivity contribution in [3.05, 3.63) is 29.8 Å². The van der Waals surface area contributed by atoms with E-state index in [-0.39, 0.29) is 0 Å². The molecule has 0 radical (unpaired) electrons. The number of hydrogen-bond donors (Lipinski definition) is 0. The highest BCUT2D eigenvalue weighted by molar-refractivity contribution is 9.09. The second kappa shape index (κ2) is 6.95. The predicted molar refractivity (Wildman–Crippen MR) is 76.6 cm³/mol. The molecular weight excluding hydrogens is 262 g/mol. The van der Waals surface area contributed by atoms with Crippen LogP contribution in [0.15, 0.2) is 24.3 Å². The first-order valence-electron chi connectivity index (χ1n) is 6.09. The van der Waals surface area contributed by atoms with Crippen LogP contribution in [0.25, 0.3) is 0 Å². The summed E-state index contributed by atoms with van der Waals surface area (Å²) in [5.74, 6) is 0.736. The van der Waals surface area contributed by atoms with Gasteiger partial charge in [-0.2, -0.15) is 0 Å². The highest BCUT2D eigenvalue weighted by Crippen LogP contribution is 2.21. The highest BCUT2D eigenvalue weighted by atomic mass is 79.9. The van der Waals surface area contributed by atoms with E-state index in [9.17, 15) is 0 Å². The van der Waals surface area contributed by atoms with Crippen LogP contribution in [0.4, 0.5) is 5.69 Å². The second-order valence-electron chi connectivity index (χ2n) is 4.25. The van der Waals surface area contributed by atoms with Gasteiger partial charge in [-0.1, -0.05) is 47.5 Å². The lowest BCUT2D eigenvalue weighted by atomic mass is 10.1. The Morgan fingerprint density at radius 1 is 1.25 bits per heavy atom. The van der Waals surface area contributed by atoms with Crippen molar-refractivity contribution in [3.63, 3.8) is 0 Å². The SMILES string of the molecule is CCC(CBr)CN(CC)c1ccccc1C. The van der Waals surface area contributed by atoms with Gasteiger partial charge in [-0.3, -0.25) is 0 Å². The predicted octanol–water partition coefficient (Wildman–Crippen LogP) is 4.24. The van der Waals surface area contributed by atoms with Crippen LogP contribution in [-0.2, 0) is 0 Å². The van der Waals surface area contributed by atoms with E-state index in [2.05, 4.69) is 65.9 Å².